The topological polar surface area (TPSA) is 80.9 Å². The lowest BCUT2D eigenvalue weighted by Crippen LogP contribution is -2.36. The molecule has 3 aromatic rings. The van der Waals surface area contributed by atoms with Crippen LogP contribution < -0.4 is 20.6 Å². The Morgan fingerprint density at radius 1 is 1.12 bits per heavy atom. The van der Waals surface area contributed by atoms with Crippen molar-refractivity contribution in [1.29, 1.82) is 0 Å². The second-order valence-electron chi connectivity index (χ2n) is 7.97. The van der Waals surface area contributed by atoms with Crippen LogP contribution in [0.1, 0.15) is 37.8 Å². The fourth-order valence-electron chi connectivity index (χ4n) is 3.98. The highest BCUT2D eigenvalue weighted by atomic mass is 19.4. The summed E-state index contributed by atoms with van der Waals surface area (Å²) in [4.78, 5) is 27.7. The van der Waals surface area contributed by atoms with Crippen LogP contribution in [0.15, 0.2) is 47.3 Å². The van der Waals surface area contributed by atoms with Gasteiger partial charge in [-0.2, -0.15) is 0 Å². The number of fused-ring (bicyclic) bond motifs is 1. The van der Waals surface area contributed by atoms with Gasteiger partial charge in [0.25, 0.3) is 0 Å². The summed E-state index contributed by atoms with van der Waals surface area (Å²) >= 11 is 0. The van der Waals surface area contributed by atoms with Crippen molar-refractivity contribution in [1.82, 2.24) is 19.5 Å². The number of alkyl halides is 3. The molecule has 11 heteroatoms. The molecule has 1 aromatic carbocycles. The molecule has 3 heterocycles. The number of halogens is 3. The molecule has 1 fully saturated rings. The predicted molar refractivity (Wildman–Crippen MR) is 115 cm³/mol. The number of anilines is 1. The molecule has 1 aliphatic heterocycles. The largest absolute Gasteiger partial charge is 0.573 e. The molecule has 4 rings (SSSR count). The van der Waals surface area contributed by atoms with E-state index in [2.05, 4.69) is 20.1 Å². The maximum atomic E-state index is 13.0. The molecule has 1 saturated heterocycles. The number of rotatable bonds is 6. The fourth-order valence-corrected chi connectivity index (χ4v) is 3.98. The molecule has 1 N–H and O–H groups in total. The van der Waals surface area contributed by atoms with Crippen molar-refractivity contribution in [3.05, 3.63) is 58.5 Å². The van der Waals surface area contributed by atoms with Crippen molar-refractivity contribution in [2.75, 3.05) is 18.0 Å². The lowest BCUT2D eigenvalue weighted by molar-refractivity contribution is -0.274. The molecule has 8 nitrogen and oxygen atoms in total. The number of hydrogen-bond donors (Lipinski definition) is 1. The molecule has 1 amide bonds. The minimum atomic E-state index is -4.77. The zero-order valence-electron chi connectivity index (χ0n) is 18.0. The first kappa shape index (κ1) is 22.7. The van der Waals surface area contributed by atoms with E-state index in [1.54, 1.807) is 13.0 Å². The van der Waals surface area contributed by atoms with Gasteiger partial charge < -0.3 is 15.0 Å². The first-order chi connectivity index (χ1) is 15.7. The van der Waals surface area contributed by atoms with Crippen LogP contribution in [0.2, 0.25) is 0 Å². The van der Waals surface area contributed by atoms with Crippen molar-refractivity contribution in [2.45, 2.75) is 45.1 Å². The first-order valence-electron chi connectivity index (χ1n) is 10.7. The zero-order chi connectivity index (χ0) is 23.6. The molecular weight excluding hydrogens is 439 g/mol. The molecular formula is C22H24F3N5O3. The van der Waals surface area contributed by atoms with Crippen molar-refractivity contribution in [3.8, 4) is 5.75 Å². The maximum absolute atomic E-state index is 13.0. The van der Waals surface area contributed by atoms with E-state index in [1.165, 1.54) is 28.7 Å². The molecule has 2 aromatic heterocycles. The van der Waals surface area contributed by atoms with Crippen LogP contribution in [-0.2, 0) is 11.3 Å². The maximum Gasteiger partial charge on any atom is 0.573 e. The molecule has 0 spiro atoms. The number of hydrogen-bond acceptors (Lipinski definition) is 5. The van der Waals surface area contributed by atoms with Gasteiger partial charge in [-0.05, 0) is 56.0 Å². The normalized spacial score (nSPS) is 15.5. The Morgan fingerprint density at radius 2 is 1.82 bits per heavy atom. The summed E-state index contributed by atoms with van der Waals surface area (Å²) in [6, 6.07) is 10.2. The zero-order valence-corrected chi connectivity index (χ0v) is 18.0. The van der Waals surface area contributed by atoms with Gasteiger partial charge in [0.05, 0.1) is 6.04 Å². The lowest BCUT2D eigenvalue weighted by Gasteiger charge is -2.28. The standard InChI is InChI=1S/C22H24F3N5O3/c1-15(16-8-10-17(11-9-16)33-22(23,24)25)26-19(31)14-29-21(32)30-18(27-29)6-5-7-20(30)28-12-3-2-4-13-28/h5-11,15H,2-4,12-14H2,1H3,(H,26,31)/t15-/m0/s1. The van der Waals surface area contributed by atoms with Gasteiger partial charge in [-0.15, -0.1) is 18.3 Å². The number of piperidine rings is 1. The van der Waals surface area contributed by atoms with E-state index in [4.69, 9.17) is 0 Å². The van der Waals surface area contributed by atoms with E-state index < -0.39 is 24.0 Å². The van der Waals surface area contributed by atoms with Crippen LogP contribution in [0, 0.1) is 0 Å². The lowest BCUT2D eigenvalue weighted by atomic mass is 10.1. The summed E-state index contributed by atoms with van der Waals surface area (Å²) in [6.45, 7) is 3.14. The number of carbonyl (C=O) groups is 1. The summed E-state index contributed by atoms with van der Waals surface area (Å²) in [5.41, 5.74) is 0.652. The third-order valence-electron chi connectivity index (χ3n) is 5.55. The summed E-state index contributed by atoms with van der Waals surface area (Å²) < 4.78 is 43.4. The van der Waals surface area contributed by atoms with Gasteiger partial charge in [0.1, 0.15) is 18.1 Å². The Balaban J connectivity index is 1.45. The first-order valence-corrected chi connectivity index (χ1v) is 10.7. The van der Waals surface area contributed by atoms with Gasteiger partial charge in [-0.3, -0.25) is 4.79 Å². The van der Waals surface area contributed by atoms with E-state index in [0.29, 0.717) is 11.2 Å². The average Bonchev–Trinajstić information content (AvgIpc) is 3.09. The highest BCUT2D eigenvalue weighted by Gasteiger charge is 2.31. The van der Waals surface area contributed by atoms with Gasteiger partial charge in [0, 0.05) is 13.1 Å². The van der Waals surface area contributed by atoms with Crippen molar-refractivity contribution < 1.29 is 22.7 Å². The third kappa shape index (κ3) is 5.29. The smallest absolute Gasteiger partial charge is 0.406 e. The Kier molecular flexibility index (Phi) is 6.30. The molecule has 1 aliphatic rings. The molecule has 33 heavy (non-hydrogen) atoms. The van der Waals surface area contributed by atoms with Crippen LogP contribution in [0.4, 0.5) is 19.0 Å². The number of aromatic nitrogens is 3. The molecule has 0 radical (unpaired) electrons. The predicted octanol–water partition coefficient (Wildman–Crippen LogP) is 3.26. The minimum absolute atomic E-state index is 0.278. The summed E-state index contributed by atoms with van der Waals surface area (Å²) in [7, 11) is 0. The van der Waals surface area contributed by atoms with Crippen molar-refractivity contribution in [3.63, 3.8) is 0 Å². The van der Waals surface area contributed by atoms with Gasteiger partial charge in [-0.1, -0.05) is 18.2 Å². The van der Waals surface area contributed by atoms with E-state index in [9.17, 15) is 22.8 Å². The fraction of sp³-hybridized carbons (Fsp3) is 0.409. The molecule has 176 valence electrons. The Bertz CT molecular complexity index is 1180. The summed E-state index contributed by atoms with van der Waals surface area (Å²) in [5.74, 6) is -0.0212. The van der Waals surface area contributed by atoms with Gasteiger partial charge in [-0.25, -0.2) is 13.9 Å². The molecule has 1 atom stereocenters. The molecule has 0 aliphatic carbocycles. The number of ether oxygens (including phenoxy) is 1. The molecule has 0 saturated carbocycles. The van der Waals surface area contributed by atoms with Crippen LogP contribution >= 0.6 is 0 Å². The second-order valence-corrected chi connectivity index (χ2v) is 7.97. The van der Waals surface area contributed by atoms with Gasteiger partial charge in [0.15, 0.2) is 5.65 Å². The number of nitrogens with zero attached hydrogens (tertiary/aromatic N) is 4. The summed E-state index contributed by atoms with van der Waals surface area (Å²) in [6.07, 6.45) is -1.49. The van der Waals surface area contributed by atoms with Crippen LogP contribution in [0.5, 0.6) is 5.75 Å². The number of carbonyl (C=O) groups excluding carboxylic acids is 1. The second kappa shape index (κ2) is 9.16. The van der Waals surface area contributed by atoms with E-state index in [1.807, 2.05) is 12.1 Å². The Morgan fingerprint density at radius 3 is 2.48 bits per heavy atom. The molecule has 0 bridgehead atoms. The van der Waals surface area contributed by atoms with E-state index in [0.717, 1.165) is 42.9 Å². The number of benzene rings is 1. The Hall–Kier alpha value is -3.50. The van der Waals surface area contributed by atoms with Crippen LogP contribution in [0.3, 0.4) is 0 Å². The highest BCUT2D eigenvalue weighted by Crippen LogP contribution is 2.24. The monoisotopic (exact) mass is 463 g/mol. The van der Waals surface area contributed by atoms with Crippen LogP contribution in [-0.4, -0.2) is 39.5 Å². The number of pyridine rings is 1. The van der Waals surface area contributed by atoms with Crippen LogP contribution in [0.25, 0.3) is 5.65 Å². The van der Waals surface area contributed by atoms with Crippen molar-refractivity contribution in [2.24, 2.45) is 0 Å². The van der Waals surface area contributed by atoms with Gasteiger partial charge in [0.2, 0.25) is 5.91 Å². The quantitative estimate of drug-likeness (QED) is 0.607. The average molecular weight is 463 g/mol. The van der Waals surface area contributed by atoms with E-state index >= 15 is 0 Å². The third-order valence-corrected chi connectivity index (χ3v) is 5.55. The SMILES string of the molecule is C[C@H](NC(=O)Cn1nc2cccc(N3CCCCC3)n2c1=O)c1ccc(OC(F)(F)F)cc1. The molecule has 0 unspecified atom stereocenters. The number of nitrogens with one attached hydrogen (secondary N) is 1. The summed E-state index contributed by atoms with van der Waals surface area (Å²) in [5, 5.41) is 7.03. The van der Waals surface area contributed by atoms with E-state index in [-0.39, 0.29) is 12.3 Å². The highest BCUT2D eigenvalue weighted by molar-refractivity contribution is 5.76. The Labute approximate surface area is 187 Å². The van der Waals surface area contributed by atoms with Gasteiger partial charge >= 0.3 is 12.1 Å². The van der Waals surface area contributed by atoms with Crippen molar-refractivity contribution >= 4 is 17.4 Å². The number of amides is 1. The minimum Gasteiger partial charge on any atom is -0.406 e.